The lowest BCUT2D eigenvalue weighted by molar-refractivity contribution is -0.132. The molecule has 2 N–H and O–H groups in total. The Morgan fingerprint density at radius 3 is 2.67 bits per heavy atom. The van der Waals surface area contributed by atoms with Gasteiger partial charge < -0.3 is 15.5 Å². The quantitative estimate of drug-likeness (QED) is 0.842. The van der Waals surface area contributed by atoms with Crippen LogP contribution in [0.1, 0.15) is 29.6 Å². The highest BCUT2D eigenvalue weighted by molar-refractivity contribution is 6.10. The monoisotopic (exact) mass is 287 g/mol. The third-order valence-corrected chi connectivity index (χ3v) is 3.89. The fourth-order valence-corrected chi connectivity index (χ4v) is 2.73. The summed E-state index contributed by atoms with van der Waals surface area (Å²) in [6, 6.07) is 5.99. The van der Waals surface area contributed by atoms with E-state index in [0.717, 1.165) is 25.9 Å². The molecule has 1 atom stereocenters. The summed E-state index contributed by atoms with van der Waals surface area (Å²) in [5.74, 6) is -0.761. The topological polar surface area (TPSA) is 78.5 Å². The highest BCUT2D eigenvalue weighted by Crippen LogP contribution is 2.19. The van der Waals surface area contributed by atoms with Gasteiger partial charge in [-0.3, -0.25) is 14.4 Å². The number of carbonyl (C=O) groups is 3. The van der Waals surface area contributed by atoms with Crippen molar-refractivity contribution in [3.63, 3.8) is 0 Å². The lowest BCUT2D eigenvalue weighted by Crippen LogP contribution is -2.45. The van der Waals surface area contributed by atoms with E-state index in [-0.39, 0.29) is 24.1 Å². The predicted molar refractivity (Wildman–Crippen MR) is 76.8 cm³/mol. The number of hydrogen-bond acceptors (Lipinski definition) is 3. The van der Waals surface area contributed by atoms with Crippen molar-refractivity contribution in [1.29, 1.82) is 0 Å². The number of benzene rings is 1. The van der Waals surface area contributed by atoms with E-state index in [1.165, 1.54) is 0 Å². The molecular formula is C15H17N3O3. The van der Waals surface area contributed by atoms with Gasteiger partial charge in [0.05, 0.1) is 17.7 Å². The summed E-state index contributed by atoms with van der Waals surface area (Å²) in [6.07, 6.45) is 2.01. The third kappa shape index (κ3) is 2.74. The molecule has 0 bridgehead atoms. The zero-order chi connectivity index (χ0) is 14.8. The first-order valence-corrected chi connectivity index (χ1v) is 7.13. The first-order chi connectivity index (χ1) is 10.1. The third-order valence-electron chi connectivity index (χ3n) is 3.89. The van der Waals surface area contributed by atoms with E-state index in [4.69, 9.17) is 0 Å². The van der Waals surface area contributed by atoms with Crippen molar-refractivity contribution in [2.24, 2.45) is 0 Å². The highest BCUT2D eigenvalue weighted by Gasteiger charge is 2.31. The molecule has 110 valence electrons. The molecule has 1 aromatic carbocycles. The number of carbonyl (C=O) groups excluding carboxylic acids is 3. The van der Waals surface area contributed by atoms with E-state index in [9.17, 15) is 14.4 Å². The zero-order valence-corrected chi connectivity index (χ0v) is 11.6. The van der Waals surface area contributed by atoms with E-state index in [2.05, 4.69) is 10.6 Å². The van der Waals surface area contributed by atoms with Crippen LogP contribution in [0.4, 0.5) is 5.69 Å². The second kappa shape index (κ2) is 5.55. The highest BCUT2D eigenvalue weighted by atomic mass is 16.2. The molecule has 1 aromatic rings. The summed E-state index contributed by atoms with van der Waals surface area (Å²) < 4.78 is 0. The van der Waals surface area contributed by atoms with Gasteiger partial charge in [-0.2, -0.15) is 0 Å². The van der Waals surface area contributed by atoms with Crippen molar-refractivity contribution >= 4 is 23.4 Å². The van der Waals surface area contributed by atoms with Crippen LogP contribution in [0.15, 0.2) is 24.3 Å². The molecule has 1 fully saturated rings. The normalized spacial score (nSPS) is 21.3. The summed E-state index contributed by atoms with van der Waals surface area (Å²) in [7, 11) is 0. The standard InChI is InChI=1S/C15H17N3O3/c19-13(18-7-3-4-8-18)9-12-15(21)16-11-6-2-1-5-10(11)14(20)17-12/h1-2,5-6,12H,3-4,7-9H2,(H,16,21)(H,17,20)/t12-/m1/s1. The summed E-state index contributed by atoms with van der Waals surface area (Å²) in [5, 5.41) is 5.35. The van der Waals surface area contributed by atoms with Crippen LogP contribution in [0.3, 0.4) is 0 Å². The fraction of sp³-hybridized carbons (Fsp3) is 0.400. The number of nitrogens with one attached hydrogen (secondary N) is 2. The smallest absolute Gasteiger partial charge is 0.254 e. The van der Waals surface area contributed by atoms with Crippen LogP contribution in [-0.2, 0) is 9.59 Å². The molecular weight excluding hydrogens is 270 g/mol. The summed E-state index contributed by atoms with van der Waals surface area (Å²) in [6.45, 7) is 1.47. The maximum absolute atomic E-state index is 12.2. The Labute approximate surface area is 122 Å². The maximum atomic E-state index is 12.2. The summed E-state index contributed by atoms with van der Waals surface area (Å²) in [5.41, 5.74) is 0.901. The molecule has 3 amide bonds. The number of para-hydroxylation sites is 1. The number of nitrogens with zero attached hydrogens (tertiary/aromatic N) is 1. The molecule has 2 aliphatic rings. The number of anilines is 1. The first kappa shape index (κ1) is 13.6. The zero-order valence-electron chi connectivity index (χ0n) is 11.6. The lowest BCUT2D eigenvalue weighted by Gasteiger charge is -2.19. The van der Waals surface area contributed by atoms with Gasteiger partial charge in [-0.15, -0.1) is 0 Å². The second-order valence-corrected chi connectivity index (χ2v) is 5.35. The largest absolute Gasteiger partial charge is 0.343 e. The van der Waals surface area contributed by atoms with Gasteiger partial charge in [-0.05, 0) is 25.0 Å². The van der Waals surface area contributed by atoms with Crippen LogP contribution >= 0.6 is 0 Å². The van der Waals surface area contributed by atoms with Crippen LogP contribution in [0, 0.1) is 0 Å². The van der Waals surface area contributed by atoms with Crippen LogP contribution < -0.4 is 10.6 Å². The molecule has 0 unspecified atom stereocenters. The van der Waals surface area contributed by atoms with Crippen molar-refractivity contribution in [3.05, 3.63) is 29.8 Å². The number of rotatable bonds is 2. The molecule has 6 heteroatoms. The minimum atomic E-state index is -0.821. The minimum absolute atomic E-state index is 0.00552. The average Bonchev–Trinajstić information content (AvgIpc) is 2.97. The van der Waals surface area contributed by atoms with Gasteiger partial charge in [0.25, 0.3) is 5.91 Å². The molecule has 0 aliphatic carbocycles. The molecule has 6 nitrogen and oxygen atoms in total. The Hall–Kier alpha value is -2.37. The van der Waals surface area contributed by atoms with Gasteiger partial charge in [0, 0.05) is 13.1 Å². The number of amides is 3. The number of hydrogen-bond donors (Lipinski definition) is 2. The van der Waals surface area contributed by atoms with E-state index >= 15 is 0 Å². The van der Waals surface area contributed by atoms with Gasteiger partial charge in [0.15, 0.2) is 0 Å². The Bertz CT molecular complexity index is 594. The van der Waals surface area contributed by atoms with E-state index in [0.29, 0.717) is 11.3 Å². The predicted octanol–water partition coefficient (Wildman–Crippen LogP) is 0.750. The van der Waals surface area contributed by atoms with Gasteiger partial charge in [-0.1, -0.05) is 12.1 Å². The molecule has 0 radical (unpaired) electrons. The Morgan fingerprint density at radius 1 is 1.19 bits per heavy atom. The molecule has 0 saturated carbocycles. The molecule has 3 rings (SSSR count). The van der Waals surface area contributed by atoms with Gasteiger partial charge in [0.1, 0.15) is 6.04 Å². The minimum Gasteiger partial charge on any atom is -0.343 e. The Kier molecular flexibility index (Phi) is 3.60. The van der Waals surface area contributed by atoms with Crippen molar-refractivity contribution < 1.29 is 14.4 Å². The fourth-order valence-electron chi connectivity index (χ4n) is 2.73. The molecule has 2 aliphatic heterocycles. The van der Waals surface area contributed by atoms with Gasteiger partial charge in [0.2, 0.25) is 11.8 Å². The SMILES string of the molecule is O=C1N[C@H](CC(=O)N2CCCC2)C(=O)Nc2ccccc21. The molecule has 21 heavy (non-hydrogen) atoms. The summed E-state index contributed by atoms with van der Waals surface area (Å²) in [4.78, 5) is 38.2. The molecule has 2 heterocycles. The maximum Gasteiger partial charge on any atom is 0.254 e. The molecule has 1 saturated heterocycles. The van der Waals surface area contributed by atoms with Crippen LogP contribution in [0.25, 0.3) is 0 Å². The van der Waals surface area contributed by atoms with E-state index in [1.807, 2.05) is 0 Å². The van der Waals surface area contributed by atoms with E-state index < -0.39 is 6.04 Å². The second-order valence-electron chi connectivity index (χ2n) is 5.35. The van der Waals surface area contributed by atoms with Gasteiger partial charge >= 0.3 is 0 Å². The molecule has 0 spiro atoms. The van der Waals surface area contributed by atoms with Crippen LogP contribution in [-0.4, -0.2) is 41.8 Å². The number of likely N-dealkylation sites (tertiary alicyclic amines) is 1. The van der Waals surface area contributed by atoms with Crippen molar-refractivity contribution in [2.45, 2.75) is 25.3 Å². The van der Waals surface area contributed by atoms with Crippen molar-refractivity contribution in [3.8, 4) is 0 Å². The lowest BCUT2D eigenvalue weighted by atomic mass is 10.1. The first-order valence-electron chi connectivity index (χ1n) is 7.13. The molecule has 0 aromatic heterocycles. The van der Waals surface area contributed by atoms with Gasteiger partial charge in [-0.25, -0.2) is 0 Å². The Balaban J connectivity index is 1.74. The Morgan fingerprint density at radius 2 is 1.90 bits per heavy atom. The number of fused-ring (bicyclic) bond motifs is 1. The summed E-state index contributed by atoms with van der Waals surface area (Å²) >= 11 is 0. The van der Waals surface area contributed by atoms with Crippen LogP contribution in [0.5, 0.6) is 0 Å². The van der Waals surface area contributed by atoms with E-state index in [1.54, 1.807) is 29.2 Å². The van der Waals surface area contributed by atoms with Crippen LogP contribution in [0.2, 0.25) is 0 Å². The van der Waals surface area contributed by atoms with Crippen molar-refractivity contribution in [1.82, 2.24) is 10.2 Å². The average molecular weight is 287 g/mol. The van der Waals surface area contributed by atoms with Crippen molar-refractivity contribution in [2.75, 3.05) is 18.4 Å².